The minimum absolute atomic E-state index is 0.00681. The first kappa shape index (κ1) is 26.9. The van der Waals surface area contributed by atoms with Crippen LogP contribution in [0, 0.1) is 30.6 Å². The van der Waals surface area contributed by atoms with E-state index in [0.717, 1.165) is 5.56 Å². The van der Waals surface area contributed by atoms with Crippen molar-refractivity contribution in [1.29, 1.82) is 0 Å². The molecular formula is C27H40N6O4. The second-order valence-corrected chi connectivity index (χ2v) is 11.4. The van der Waals surface area contributed by atoms with Crippen LogP contribution in [0.25, 0.3) is 0 Å². The lowest BCUT2D eigenvalue weighted by Gasteiger charge is -2.50. The van der Waals surface area contributed by atoms with Gasteiger partial charge in [0, 0.05) is 30.7 Å². The Labute approximate surface area is 219 Å². The molecule has 3 aliphatic rings. The van der Waals surface area contributed by atoms with Crippen LogP contribution < -0.4 is 16.1 Å². The van der Waals surface area contributed by atoms with E-state index >= 15 is 0 Å². The van der Waals surface area contributed by atoms with Crippen molar-refractivity contribution in [3.05, 3.63) is 29.8 Å². The number of hydrazine groups is 1. The Hall–Kier alpha value is -3.14. The number of fused-ring (bicyclic) bond motifs is 3. The number of carbonyl (C=O) groups excluding carboxylic acids is 4. The largest absolute Gasteiger partial charge is 0.356 e. The highest BCUT2D eigenvalue weighted by atomic mass is 16.2. The fourth-order valence-corrected chi connectivity index (χ4v) is 5.57. The zero-order chi connectivity index (χ0) is 26.9. The van der Waals surface area contributed by atoms with Gasteiger partial charge in [-0.05, 0) is 55.7 Å². The molecule has 4 unspecified atom stereocenters. The van der Waals surface area contributed by atoms with Crippen LogP contribution in [0.15, 0.2) is 24.3 Å². The summed E-state index contributed by atoms with van der Waals surface area (Å²) in [6, 6.07) is 6.72. The minimum atomic E-state index is -0.673. The topological polar surface area (TPSA) is 114 Å². The molecule has 0 radical (unpaired) electrons. The fourth-order valence-electron chi connectivity index (χ4n) is 5.57. The average Bonchev–Trinajstić information content (AvgIpc) is 3.15. The zero-order valence-electron chi connectivity index (χ0n) is 22.5. The summed E-state index contributed by atoms with van der Waals surface area (Å²) in [6.45, 7) is 11.0. The molecule has 0 spiro atoms. The van der Waals surface area contributed by atoms with Gasteiger partial charge in [-0.15, -0.1) is 0 Å². The van der Waals surface area contributed by atoms with E-state index < -0.39 is 12.3 Å². The van der Waals surface area contributed by atoms with Gasteiger partial charge in [-0.25, -0.2) is 9.80 Å². The van der Waals surface area contributed by atoms with Crippen LogP contribution in [-0.2, 0) is 14.4 Å². The predicted molar refractivity (Wildman–Crippen MR) is 140 cm³/mol. The molecule has 1 aromatic rings. The number of nitrogens with one attached hydrogen (secondary N) is 3. The van der Waals surface area contributed by atoms with Crippen molar-refractivity contribution in [1.82, 2.24) is 25.6 Å². The summed E-state index contributed by atoms with van der Waals surface area (Å²) in [5.41, 5.74) is 4.81. The van der Waals surface area contributed by atoms with Crippen LogP contribution in [0.4, 0.5) is 10.5 Å². The average molecular weight is 513 g/mol. The van der Waals surface area contributed by atoms with Gasteiger partial charge < -0.3 is 15.5 Å². The number of anilines is 1. The highest BCUT2D eigenvalue weighted by Gasteiger charge is 2.56. The molecule has 10 heteroatoms. The van der Waals surface area contributed by atoms with E-state index in [2.05, 4.69) is 16.1 Å². The number of hydrogen-bond acceptors (Lipinski definition) is 5. The Morgan fingerprint density at radius 3 is 2.54 bits per heavy atom. The van der Waals surface area contributed by atoms with Gasteiger partial charge >= 0.3 is 6.03 Å². The first-order valence-electron chi connectivity index (χ1n) is 13.4. The summed E-state index contributed by atoms with van der Waals surface area (Å²) >= 11 is 0. The molecule has 1 aromatic carbocycles. The van der Waals surface area contributed by atoms with E-state index in [-0.39, 0.29) is 48.1 Å². The lowest BCUT2D eigenvalue weighted by Crippen LogP contribution is -2.67. The summed E-state index contributed by atoms with van der Waals surface area (Å²) in [5, 5.41) is 7.14. The Morgan fingerprint density at radius 2 is 1.86 bits per heavy atom. The number of carbonyl (C=O) groups is 4. The molecule has 3 fully saturated rings. The highest BCUT2D eigenvalue weighted by molar-refractivity contribution is 5.95. The van der Waals surface area contributed by atoms with E-state index in [0.29, 0.717) is 44.0 Å². The van der Waals surface area contributed by atoms with Crippen LogP contribution in [0.2, 0.25) is 0 Å². The Kier molecular flexibility index (Phi) is 8.06. The fraction of sp³-hybridized carbons (Fsp3) is 0.630. The second kappa shape index (κ2) is 11.1. The molecule has 4 rings (SSSR count). The summed E-state index contributed by atoms with van der Waals surface area (Å²) in [5.74, 6) is -0.403. The predicted octanol–water partition coefficient (Wildman–Crippen LogP) is 2.51. The summed E-state index contributed by atoms with van der Waals surface area (Å²) in [6.07, 6.45) is 0.938. The van der Waals surface area contributed by atoms with Crippen molar-refractivity contribution >= 4 is 29.4 Å². The van der Waals surface area contributed by atoms with Gasteiger partial charge in [-0.3, -0.25) is 19.3 Å². The van der Waals surface area contributed by atoms with Crippen LogP contribution in [0.1, 0.15) is 52.5 Å². The van der Waals surface area contributed by atoms with Crippen LogP contribution in [0.5, 0.6) is 0 Å². The lowest BCUT2D eigenvalue weighted by atomic mass is 9.75. The van der Waals surface area contributed by atoms with Crippen molar-refractivity contribution in [2.45, 2.75) is 66.2 Å². The van der Waals surface area contributed by atoms with Crippen molar-refractivity contribution in [3.8, 4) is 0 Å². The number of rotatable bonds is 8. The molecule has 0 bridgehead atoms. The summed E-state index contributed by atoms with van der Waals surface area (Å²) in [7, 11) is 0. The van der Waals surface area contributed by atoms with Gasteiger partial charge in [0.1, 0.15) is 6.54 Å². The third kappa shape index (κ3) is 5.89. The molecule has 2 aliphatic heterocycles. The second-order valence-electron chi connectivity index (χ2n) is 11.4. The van der Waals surface area contributed by atoms with Gasteiger partial charge in [-0.2, -0.15) is 5.43 Å². The summed E-state index contributed by atoms with van der Waals surface area (Å²) < 4.78 is 0. The van der Waals surface area contributed by atoms with Gasteiger partial charge in [0.15, 0.2) is 6.29 Å². The van der Waals surface area contributed by atoms with Gasteiger partial charge in [0.25, 0.3) is 0 Å². The van der Waals surface area contributed by atoms with Gasteiger partial charge in [0.2, 0.25) is 17.7 Å². The number of aryl methyl sites for hydroxylation is 1. The molecule has 2 heterocycles. The Balaban J connectivity index is 1.52. The normalized spacial score (nSPS) is 25.4. The number of nitrogens with zero attached hydrogens (tertiary/aromatic N) is 3. The van der Waals surface area contributed by atoms with E-state index in [1.165, 1.54) is 5.01 Å². The first-order chi connectivity index (χ1) is 17.5. The molecule has 1 aliphatic carbocycles. The van der Waals surface area contributed by atoms with Crippen molar-refractivity contribution in [2.75, 3.05) is 25.0 Å². The quantitative estimate of drug-likeness (QED) is 0.495. The maximum absolute atomic E-state index is 13.6. The molecule has 37 heavy (non-hydrogen) atoms. The van der Waals surface area contributed by atoms with E-state index in [4.69, 9.17) is 0 Å². The Morgan fingerprint density at radius 1 is 1.11 bits per heavy atom. The monoisotopic (exact) mass is 512 g/mol. The molecular weight excluding hydrogens is 472 g/mol. The van der Waals surface area contributed by atoms with E-state index in [1.807, 2.05) is 52.8 Å². The first-order valence-corrected chi connectivity index (χ1v) is 13.4. The maximum Gasteiger partial charge on any atom is 0.337 e. The minimum Gasteiger partial charge on any atom is -0.356 e. The maximum atomic E-state index is 13.6. The molecule has 1 saturated carbocycles. The molecule has 4 atom stereocenters. The van der Waals surface area contributed by atoms with Crippen molar-refractivity contribution in [3.63, 3.8) is 0 Å². The third-order valence-electron chi connectivity index (χ3n) is 7.28. The smallest absolute Gasteiger partial charge is 0.337 e. The lowest BCUT2D eigenvalue weighted by molar-refractivity contribution is -0.159. The molecule has 10 nitrogen and oxygen atoms in total. The Bertz CT molecular complexity index is 1040. The highest BCUT2D eigenvalue weighted by Crippen LogP contribution is 2.40. The zero-order valence-corrected chi connectivity index (χ0v) is 22.5. The van der Waals surface area contributed by atoms with Gasteiger partial charge in [0.05, 0.1) is 5.92 Å². The SMILES string of the molecule is Cc1cccc(NC(=O)CN2NC3N(CC(C)C)C(=O)C4CCC(C(=O)NCC(C)C)CC4N3C2=O)c1. The van der Waals surface area contributed by atoms with Crippen LogP contribution in [0.3, 0.4) is 0 Å². The molecule has 202 valence electrons. The van der Waals surface area contributed by atoms with Crippen molar-refractivity contribution in [2.24, 2.45) is 23.7 Å². The number of hydrogen-bond donors (Lipinski definition) is 3. The molecule has 2 saturated heterocycles. The third-order valence-corrected chi connectivity index (χ3v) is 7.28. The standard InChI is InChI=1S/C27H40N6O4/c1-16(2)13-28-24(35)19-9-10-21-22(12-19)33-26(31(25(21)36)14-17(3)4)30-32(27(33)37)15-23(34)29-20-8-6-7-18(5)11-20/h6-8,11,16-17,19,21-22,26,30H,9-10,12-15H2,1-5H3,(H,28,35)(H,29,34). The molecule has 0 aromatic heterocycles. The van der Waals surface area contributed by atoms with Crippen molar-refractivity contribution < 1.29 is 19.2 Å². The number of benzene rings is 1. The van der Waals surface area contributed by atoms with Crippen LogP contribution >= 0.6 is 0 Å². The van der Waals surface area contributed by atoms with Crippen LogP contribution in [-0.4, -0.2) is 70.5 Å². The number of amides is 5. The molecule has 3 N–H and O–H groups in total. The van der Waals surface area contributed by atoms with Gasteiger partial charge in [-0.1, -0.05) is 39.8 Å². The summed E-state index contributed by atoms with van der Waals surface area (Å²) in [4.78, 5) is 56.3. The number of urea groups is 1. The molecule has 5 amide bonds. The van der Waals surface area contributed by atoms with E-state index in [9.17, 15) is 19.2 Å². The van der Waals surface area contributed by atoms with E-state index in [1.54, 1.807) is 15.9 Å².